The second-order valence-corrected chi connectivity index (χ2v) is 27.3. The fourth-order valence-electron chi connectivity index (χ4n) is 13.0. The van der Waals surface area contributed by atoms with Gasteiger partial charge in [0, 0.05) is 45.1 Å². The summed E-state index contributed by atoms with van der Waals surface area (Å²) in [5, 5.41) is 13.7. The molecule has 0 saturated carbocycles. The maximum Gasteiger partial charge on any atom is 0.195 e. The van der Waals surface area contributed by atoms with Gasteiger partial charge in [-0.15, -0.1) is 0 Å². The number of hydrogen-bond acceptors (Lipinski definition) is 6. The van der Waals surface area contributed by atoms with Gasteiger partial charge < -0.3 is 28.9 Å². The summed E-state index contributed by atoms with van der Waals surface area (Å²) in [6, 6.07) is 5.80. The Morgan fingerprint density at radius 3 is 0.975 bits per heavy atom. The van der Waals surface area contributed by atoms with Crippen LogP contribution in [0.1, 0.15) is 296 Å². The summed E-state index contributed by atoms with van der Waals surface area (Å²) in [5.41, 5.74) is -2.25. The van der Waals surface area contributed by atoms with Crippen molar-refractivity contribution in [1.29, 1.82) is 0 Å². The Morgan fingerprint density at radius 2 is 0.691 bits per heavy atom. The van der Waals surface area contributed by atoms with Crippen molar-refractivity contribution in [3.05, 3.63) is 97.0 Å². The van der Waals surface area contributed by atoms with Gasteiger partial charge in [0.1, 0.15) is 0 Å². The van der Waals surface area contributed by atoms with Crippen LogP contribution in [0.25, 0.3) is 0 Å². The minimum absolute atomic E-state index is 0.0586. The predicted molar refractivity (Wildman–Crippen MR) is 350 cm³/mol. The Balaban J connectivity index is 4.49. The summed E-state index contributed by atoms with van der Waals surface area (Å²) in [6.45, 7) is 66.5. The van der Waals surface area contributed by atoms with E-state index in [4.69, 9.17) is 56.6 Å². The van der Waals surface area contributed by atoms with E-state index >= 15 is 0 Å². The average Bonchev–Trinajstić information content (AvgIpc) is 3.45. The van der Waals surface area contributed by atoms with Crippen LogP contribution in [0.2, 0.25) is 0 Å². The molecule has 81 heavy (non-hydrogen) atoms. The number of rotatable bonds is 52. The first-order valence-electron chi connectivity index (χ1n) is 33.6. The lowest BCUT2D eigenvalue weighted by Gasteiger charge is -2.49. The highest BCUT2D eigenvalue weighted by Gasteiger charge is 2.51. The molecule has 1 rings (SSSR count). The fourth-order valence-corrected chi connectivity index (χ4v) is 13.0. The lowest BCUT2D eigenvalue weighted by molar-refractivity contribution is -0.616. The molecule has 0 radical (unpaired) electrons. The van der Waals surface area contributed by atoms with Crippen molar-refractivity contribution in [1.82, 2.24) is 0 Å². The highest BCUT2D eigenvalue weighted by Crippen LogP contribution is 2.59. The third-order valence-electron chi connectivity index (χ3n) is 19.3. The highest BCUT2D eigenvalue weighted by atomic mass is 16.5. The average molecular weight is 1130 g/mol. The molecule has 0 amide bonds. The van der Waals surface area contributed by atoms with Gasteiger partial charge in [-0.25, -0.2) is 0 Å². The quantitative estimate of drug-likeness (QED) is 0.0368. The van der Waals surface area contributed by atoms with Crippen molar-refractivity contribution in [3.63, 3.8) is 0 Å². The van der Waals surface area contributed by atoms with Gasteiger partial charge in [-0.05, 0) is 100 Å². The van der Waals surface area contributed by atoms with Crippen molar-refractivity contribution in [3.8, 4) is 0 Å². The minimum Gasteiger partial charge on any atom is -0.618 e. The van der Waals surface area contributed by atoms with Gasteiger partial charge in [-0.3, -0.25) is 0 Å². The summed E-state index contributed by atoms with van der Waals surface area (Å²) in [5.74, 6) is 6.00. The Bertz CT molecular complexity index is 1920. The Morgan fingerprint density at radius 1 is 0.407 bits per heavy atom. The van der Waals surface area contributed by atoms with Crippen molar-refractivity contribution >= 4 is 0 Å². The Hall–Kier alpha value is -3.35. The first-order valence-corrected chi connectivity index (χ1v) is 33.6. The second kappa shape index (κ2) is 39.3. The first-order chi connectivity index (χ1) is 38.3. The third kappa shape index (κ3) is 26.2. The lowest BCUT2D eigenvalue weighted by Crippen LogP contribution is -2.42. The highest BCUT2D eigenvalue weighted by molar-refractivity contribution is 5.20. The van der Waals surface area contributed by atoms with Crippen LogP contribution in [-0.2, 0) is 23.7 Å². The Kier molecular flexibility index (Phi) is 36.7. The maximum atomic E-state index is 13.7. The van der Waals surface area contributed by atoms with E-state index in [1.54, 1.807) is 6.20 Å². The SMILES string of the molecule is C=C(OCC(CC)CCCC)C(C)(C)CC(C)(CC(C)(CC(C)(CC(C)(CC(CC)c1cccc[n+]1[O-])C(=C)OCC(CC)CCCC)C(=C)OCC(CC)CCCC)C(=C)OCC(CC)CCCC)C(=C)OCC(CC)CCCC. The third-order valence-corrected chi connectivity index (χ3v) is 19.3. The van der Waals surface area contributed by atoms with E-state index in [-0.39, 0.29) is 5.92 Å². The number of pyridine rings is 1. The fraction of sp³-hybridized carbons (Fsp3) is 0.797. The van der Waals surface area contributed by atoms with Gasteiger partial charge in [0.25, 0.3) is 0 Å². The summed E-state index contributed by atoms with van der Waals surface area (Å²) in [7, 11) is 0. The predicted octanol–water partition coefficient (Wildman–Crippen LogP) is 22.5. The molecule has 0 aromatic carbocycles. The summed E-state index contributed by atoms with van der Waals surface area (Å²) < 4.78 is 36.3. The number of unbranched alkanes of at least 4 members (excludes halogenated alkanes) is 5. The van der Waals surface area contributed by atoms with E-state index < -0.39 is 27.1 Å². The van der Waals surface area contributed by atoms with Gasteiger partial charge >= 0.3 is 0 Å². The van der Waals surface area contributed by atoms with E-state index in [9.17, 15) is 5.21 Å². The molecule has 7 heteroatoms. The monoisotopic (exact) mass is 1130 g/mol. The van der Waals surface area contributed by atoms with Crippen molar-refractivity contribution in [2.75, 3.05) is 33.0 Å². The molecule has 1 aromatic heterocycles. The Labute approximate surface area is 503 Å². The smallest absolute Gasteiger partial charge is 0.195 e. The standard InChI is InChI=1S/C74H133NO6/c1-23-34-41-63(28-6)49-77-58(12)70(17,18)54-72(20,60(14)79-51-65(30-8)43-36-25-3)56-74(22,62(16)81-53-67(32-10)45-38-27-5)57-73(21,61(15)80-52-66(31-9)44-37-26-4)55-71(19,59(13)78-50-64(29-7)42-35-24-2)48-68(33-11)69-46-39-40-47-75(69)76/h39-40,46-47,63-68H,12-16,23-38,41-45,48-57H2,1-11,17-22H3. The molecule has 10 atom stereocenters. The van der Waals surface area contributed by atoms with E-state index in [2.05, 4.69) is 118 Å². The zero-order valence-corrected chi connectivity index (χ0v) is 56.6. The van der Waals surface area contributed by atoms with Crippen molar-refractivity contribution in [2.45, 2.75) is 291 Å². The molecule has 0 bridgehead atoms. The van der Waals surface area contributed by atoms with Crippen LogP contribution in [0.15, 0.2) is 86.1 Å². The van der Waals surface area contributed by atoms with Crippen LogP contribution < -0.4 is 4.73 Å². The molecule has 0 fully saturated rings. The molecule has 7 nitrogen and oxygen atoms in total. The zero-order chi connectivity index (χ0) is 61.3. The summed E-state index contributed by atoms with van der Waals surface area (Å²) >= 11 is 0. The minimum atomic E-state index is -0.682. The number of nitrogens with zero attached hydrogens (tertiary/aromatic N) is 1. The van der Waals surface area contributed by atoms with Gasteiger partial charge in [0.05, 0.1) is 61.8 Å². The maximum absolute atomic E-state index is 13.7. The molecule has 10 unspecified atom stereocenters. The van der Waals surface area contributed by atoms with Gasteiger partial charge in [-0.2, -0.15) is 4.73 Å². The molecule has 0 spiro atoms. The van der Waals surface area contributed by atoms with Crippen LogP contribution in [0.4, 0.5) is 0 Å². The van der Waals surface area contributed by atoms with E-state index in [1.165, 1.54) is 32.1 Å². The largest absolute Gasteiger partial charge is 0.618 e. The van der Waals surface area contributed by atoms with Crippen LogP contribution in [0.3, 0.4) is 0 Å². The number of hydrogen-bond donors (Lipinski definition) is 0. The molecule has 0 aliphatic heterocycles. The normalized spacial score (nSPS) is 17.1. The van der Waals surface area contributed by atoms with E-state index in [0.29, 0.717) is 94.7 Å². The number of allylic oxidation sites excluding steroid dienone is 5. The summed E-state index contributed by atoms with van der Waals surface area (Å²) in [6.07, 6.45) is 28.2. The molecule has 0 saturated heterocycles. The molecular weight excluding hydrogens is 999 g/mol. The number of aromatic nitrogens is 1. The van der Waals surface area contributed by atoms with Gasteiger partial charge in [0.2, 0.25) is 0 Å². The summed E-state index contributed by atoms with van der Waals surface area (Å²) in [4.78, 5) is 0. The van der Waals surface area contributed by atoms with Crippen LogP contribution >= 0.6 is 0 Å². The molecule has 1 heterocycles. The lowest BCUT2D eigenvalue weighted by atomic mass is 9.57. The van der Waals surface area contributed by atoms with Crippen LogP contribution in [0, 0.1) is 61.9 Å². The molecule has 0 aliphatic carbocycles. The molecule has 0 aliphatic rings. The number of ether oxygens (including phenoxy) is 5. The topological polar surface area (TPSA) is 73.1 Å². The van der Waals surface area contributed by atoms with Gasteiger partial charge in [0.15, 0.2) is 11.9 Å². The first kappa shape index (κ1) is 75.7. The molecule has 0 N–H and O–H groups in total. The van der Waals surface area contributed by atoms with Gasteiger partial charge in [-0.1, -0.05) is 253 Å². The molecular formula is C74H133NO6. The zero-order valence-electron chi connectivity index (χ0n) is 56.6. The molecule has 1 aromatic rings. The van der Waals surface area contributed by atoms with E-state index in [1.807, 2.05) is 18.2 Å². The molecule has 470 valence electrons. The second-order valence-electron chi connectivity index (χ2n) is 27.3. The van der Waals surface area contributed by atoms with Crippen LogP contribution in [-0.4, -0.2) is 33.0 Å². The van der Waals surface area contributed by atoms with Crippen molar-refractivity contribution in [2.24, 2.45) is 56.7 Å². The van der Waals surface area contributed by atoms with E-state index in [0.717, 1.165) is 142 Å². The van der Waals surface area contributed by atoms with Crippen LogP contribution in [0.5, 0.6) is 0 Å². The van der Waals surface area contributed by atoms with Crippen molar-refractivity contribution < 1.29 is 28.4 Å².